The number of carboxylic acid groups (broad SMARTS) is 1. The maximum Gasteiger partial charge on any atom is 0.313 e. The van der Waals surface area contributed by atoms with E-state index < -0.39 is 5.97 Å². The van der Waals surface area contributed by atoms with Gasteiger partial charge in [-0.3, -0.25) is 4.79 Å². The van der Waals surface area contributed by atoms with E-state index in [2.05, 4.69) is 11.8 Å². The van der Waals surface area contributed by atoms with Crippen molar-refractivity contribution in [1.82, 2.24) is 0 Å². The summed E-state index contributed by atoms with van der Waals surface area (Å²) in [4.78, 5) is 10.2. The number of carboxylic acids is 1. The molecule has 14 heavy (non-hydrogen) atoms. The molecule has 1 N–H and O–H groups in total. The van der Waals surface area contributed by atoms with Crippen molar-refractivity contribution < 1.29 is 9.90 Å². The summed E-state index contributed by atoms with van der Waals surface area (Å²) in [5.41, 5.74) is 0.962. The van der Waals surface area contributed by atoms with E-state index in [1.54, 1.807) is 0 Å². The molecule has 1 aromatic carbocycles. The fourth-order valence-electron chi connectivity index (χ4n) is 0.849. The molecular formula is C11H10O2S. The topological polar surface area (TPSA) is 37.3 Å². The first kappa shape index (κ1) is 10.7. The second-order valence-corrected chi connectivity index (χ2v) is 3.54. The lowest BCUT2D eigenvalue weighted by atomic mass is 10.2. The summed E-state index contributed by atoms with van der Waals surface area (Å²) in [6.45, 7) is 0. The molecule has 1 aromatic rings. The van der Waals surface area contributed by atoms with Gasteiger partial charge in [0.25, 0.3) is 0 Å². The van der Waals surface area contributed by atoms with Crippen molar-refractivity contribution in [3.05, 3.63) is 35.9 Å². The van der Waals surface area contributed by atoms with Crippen molar-refractivity contribution in [3.63, 3.8) is 0 Å². The lowest BCUT2D eigenvalue weighted by Crippen LogP contribution is -1.97. The molecule has 0 heterocycles. The number of thioether (sulfide) groups is 1. The Morgan fingerprint density at radius 3 is 2.71 bits per heavy atom. The fraction of sp³-hybridized carbons (Fsp3) is 0.182. The first-order valence-corrected chi connectivity index (χ1v) is 5.28. The summed E-state index contributed by atoms with van der Waals surface area (Å²) in [6, 6.07) is 9.64. The van der Waals surface area contributed by atoms with Gasteiger partial charge in [0.15, 0.2) is 0 Å². The van der Waals surface area contributed by atoms with E-state index in [1.807, 2.05) is 30.3 Å². The van der Waals surface area contributed by atoms with Gasteiger partial charge in [0, 0.05) is 5.56 Å². The molecule has 0 aliphatic carbocycles. The summed E-state index contributed by atoms with van der Waals surface area (Å²) >= 11 is 1.31. The molecule has 0 fully saturated rings. The van der Waals surface area contributed by atoms with E-state index in [9.17, 15) is 4.79 Å². The molecule has 0 aliphatic heterocycles. The smallest absolute Gasteiger partial charge is 0.313 e. The Balaban J connectivity index is 2.31. The maximum absolute atomic E-state index is 10.2. The van der Waals surface area contributed by atoms with Crippen LogP contribution in [0.3, 0.4) is 0 Å². The lowest BCUT2D eigenvalue weighted by molar-refractivity contribution is -0.133. The van der Waals surface area contributed by atoms with E-state index in [0.29, 0.717) is 5.75 Å². The number of benzene rings is 1. The highest BCUT2D eigenvalue weighted by Gasteiger charge is 1.93. The SMILES string of the molecule is O=C(O)CSCC#Cc1ccccc1. The van der Waals surface area contributed by atoms with Crippen LogP contribution in [-0.2, 0) is 4.79 Å². The Kier molecular flexibility index (Phi) is 4.66. The molecule has 0 saturated carbocycles. The van der Waals surface area contributed by atoms with E-state index in [1.165, 1.54) is 11.8 Å². The molecule has 3 heteroatoms. The first-order chi connectivity index (χ1) is 6.79. The molecule has 2 nitrogen and oxygen atoms in total. The fourth-order valence-corrected chi connectivity index (χ4v) is 1.30. The van der Waals surface area contributed by atoms with Crippen molar-refractivity contribution in [3.8, 4) is 11.8 Å². The normalized spacial score (nSPS) is 8.86. The summed E-state index contributed by atoms with van der Waals surface area (Å²) in [5, 5.41) is 8.36. The van der Waals surface area contributed by atoms with Gasteiger partial charge in [0.1, 0.15) is 0 Å². The van der Waals surface area contributed by atoms with E-state index in [-0.39, 0.29) is 5.75 Å². The third kappa shape index (κ3) is 4.58. The molecule has 0 unspecified atom stereocenters. The van der Waals surface area contributed by atoms with Crippen LogP contribution in [0.1, 0.15) is 5.56 Å². The van der Waals surface area contributed by atoms with Crippen LogP contribution in [0.4, 0.5) is 0 Å². The van der Waals surface area contributed by atoms with Crippen LogP contribution in [0.15, 0.2) is 30.3 Å². The maximum atomic E-state index is 10.2. The highest BCUT2D eigenvalue weighted by molar-refractivity contribution is 8.00. The Hall–Kier alpha value is -1.40. The summed E-state index contributed by atoms with van der Waals surface area (Å²) in [7, 11) is 0. The van der Waals surface area contributed by atoms with Crippen LogP contribution in [-0.4, -0.2) is 22.6 Å². The van der Waals surface area contributed by atoms with Crippen LogP contribution < -0.4 is 0 Å². The highest BCUT2D eigenvalue weighted by atomic mass is 32.2. The number of rotatable bonds is 3. The third-order valence-electron chi connectivity index (χ3n) is 1.41. The van der Waals surface area contributed by atoms with Crippen LogP contribution in [0, 0.1) is 11.8 Å². The third-order valence-corrected chi connectivity index (χ3v) is 2.21. The predicted molar refractivity (Wildman–Crippen MR) is 58.3 cm³/mol. The van der Waals surface area contributed by atoms with E-state index in [0.717, 1.165) is 5.56 Å². The average molecular weight is 206 g/mol. The molecule has 72 valence electrons. The zero-order valence-corrected chi connectivity index (χ0v) is 8.38. The van der Waals surface area contributed by atoms with Crippen LogP contribution >= 0.6 is 11.8 Å². The van der Waals surface area contributed by atoms with Crippen molar-refractivity contribution in [1.29, 1.82) is 0 Å². The Morgan fingerprint density at radius 2 is 2.07 bits per heavy atom. The highest BCUT2D eigenvalue weighted by Crippen LogP contribution is 1.98. The molecule has 0 saturated heterocycles. The summed E-state index contributed by atoms with van der Waals surface area (Å²) in [5.74, 6) is 5.74. The Morgan fingerprint density at radius 1 is 1.36 bits per heavy atom. The number of aliphatic carboxylic acids is 1. The molecule has 0 aliphatic rings. The summed E-state index contributed by atoms with van der Waals surface area (Å²) in [6.07, 6.45) is 0. The summed E-state index contributed by atoms with van der Waals surface area (Å²) < 4.78 is 0. The van der Waals surface area contributed by atoms with E-state index >= 15 is 0 Å². The second kappa shape index (κ2) is 6.11. The van der Waals surface area contributed by atoms with Crippen molar-refractivity contribution >= 4 is 17.7 Å². The Bertz CT molecular complexity index is 349. The first-order valence-electron chi connectivity index (χ1n) is 4.12. The predicted octanol–water partition coefficient (Wildman–Crippen LogP) is 1.86. The molecule has 0 atom stereocenters. The van der Waals surface area contributed by atoms with Crippen LogP contribution in [0.2, 0.25) is 0 Å². The molecular weight excluding hydrogens is 196 g/mol. The zero-order chi connectivity index (χ0) is 10.2. The minimum Gasteiger partial charge on any atom is -0.481 e. The number of hydrogen-bond acceptors (Lipinski definition) is 2. The zero-order valence-electron chi connectivity index (χ0n) is 7.56. The van der Waals surface area contributed by atoms with Gasteiger partial charge in [-0.15, -0.1) is 11.8 Å². The van der Waals surface area contributed by atoms with Gasteiger partial charge in [0.2, 0.25) is 0 Å². The molecule has 0 bridgehead atoms. The average Bonchev–Trinajstić information content (AvgIpc) is 2.18. The van der Waals surface area contributed by atoms with Gasteiger partial charge in [-0.2, -0.15) is 0 Å². The quantitative estimate of drug-likeness (QED) is 0.606. The molecule has 1 rings (SSSR count). The van der Waals surface area contributed by atoms with E-state index in [4.69, 9.17) is 5.11 Å². The second-order valence-electron chi connectivity index (χ2n) is 2.55. The van der Waals surface area contributed by atoms with Crippen LogP contribution in [0.25, 0.3) is 0 Å². The molecule has 0 aromatic heterocycles. The van der Waals surface area contributed by atoms with Crippen molar-refractivity contribution in [2.24, 2.45) is 0 Å². The largest absolute Gasteiger partial charge is 0.481 e. The van der Waals surface area contributed by atoms with Gasteiger partial charge < -0.3 is 5.11 Å². The standard InChI is InChI=1S/C11H10O2S/c12-11(13)9-14-8-4-7-10-5-2-1-3-6-10/h1-3,5-6H,8-9H2,(H,12,13). The van der Waals surface area contributed by atoms with Gasteiger partial charge in [0.05, 0.1) is 11.5 Å². The van der Waals surface area contributed by atoms with Gasteiger partial charge in [-0.1, -0.05) is 30.0 Å². The van der Waals surface area contributed by atoms with Crippen molar-refractivity contribution in [2.75, 3.05) is 11.5 Å². The monoisotopic (exact) mass is 206 g/mol. The van der Waals surface area contributed by atoms with Crippen LogP contribution in [0.5, 0.6) is 0 Å². The van der Waals surface area contributed by atoms with Gasteiger partial charge in [-0.25, -0.2) is 0 Å². The van der Waals surface area contributed by atoms with Gasteiger partial charge >= 0.3 is 5.97 Å². The Labute approximate surface area is 87.3 Å². The molecule has 0 amide bonds. The minimum absolute atomic E-state index is 0.115. The van der Waals surface area contributed by atoms with Gasteiger partial charge in [-0.05, 0) is 12.1 Å². The lowest BCUT2D eigenvalue weighted by Gasteiger charge is -1.89. The molecule has 0 spiro atoms. The number of hydrogen-bond donors (Lipinski definition) is 1. The van der Waals surface area contributed by atoms with Crippen molar-refractivity contribution in [2.45, 2.75) is 0 Å². The minimum atomic E-state index is -0.795. The molecule has 0 radical (unpaired) electrons. The number of carbonyl (C=O) groups is 1.